The fourth-order valence-electron chi connectivity index (χ4n) is 2.89. The van der Waals surface area contributed by atoms with Gasteiger partial charge in [0.1, 0.15) is 12.4 Å². The van der Waals surface area contributed by atoms with Gasteiger partial charge in [0.25, 0.3) is 0 Å². The highest BCUT2D eigenvalue weighted by Crippen LogP contribution is 2.15. The lowest BCUT2D eigenvalue weighted by Crippen LogP contribution is -2.14. The first-order valence-corrected chi connectivity index (χ1v) is 12.7. The minimum atomic E-state index is -0.100. The van der Waals surface area contributed by atoms with Crippen LogP contribution in [0.15, 0.2) is 24.3 Å². The number of hydrogen-bond donors (Lipinski definition) is 1. The fraction of sp³-hybridized carbons (Fsp3) is 0.731. The van der Waals surface area contributed by atoms with Crippen LogP contribution in [-0.4, -0.2) is 91.8 Å². The molecule has 0 unspecified atom stereocenters. The van der Waals surface area contributed by atoms with Gasteiger partial charge < -0.3 is 38.5 Å². The second kappa shape index (κ2) is 24.0. The molecule has 0 heterocycles. The van der Waals surface area contributed by atoms with E-state index in [9.17, 15) is 4.79 Å². The number of ether oxygens (including phenoxy) is 7. The monoisotopic (exact) mass is 499 g/mol. The molecule has 0 aliphatic carbocycles. The number of anilines is 1. The van der Waals surface area contributed by atoms with E-state index >= 15 is 0 Å². The van der Waals surface area contributed by atoms with Gasteiger partial charge in [-0.25, -0.2) is 0 Å². The largest absolute Gasteiger partial charge is 0.491 e. The van der Waals surface area contributed by atoms with E-state index in [2.05, 4.69) is 12.2 Å². The van der Waals surface area contributed by atoms with Crippen LogP contribution >= 0.6 is 0 Å². The molecule has 1 amide bonds. The summed E-state index contributed by atoms with van der Waals surface area (Å²) < 4.78 is 38.4. The van der Waals surface area contributed by atoms with E-state index in [1.54, 1.807) is 24.3 Å². The summed E-state index contributed by atoms with van der Waals surface area (Å²) in [5, 5.41) is 2.71. The first kappa shape index (κ1) is 31.3. The predicted octanol–water partition coefficient (Wildman–Crippen LogP) is 3.70. The Kier molecular flexibility index (Phi) is 21.4. The number of carbonyl (C=O) groups is 1. The molecule has 0 atom stereocenters. The molecule has 0 spiro atoms. The summed E-state index contributed by atoms with van der Waals surface area (Å²) in [6, 6.07) is 7.20. The first-order valence-electron chi connectivity index (χ1n) is 12.7. The Labute approximate surface area is 210 Å². The number of hydrogen-bond acceptors (Lipinski definition) is 8. The number of benzene rings is 1. The highest BCUT2D eigenvalue weighted by atomic mass is 16.6. The van der Waals surface area contributed by atoms with Crippen molar-refractivity contribution in [2.24, 2.45) is 0 Å². The van der Waals surface area contributed by atoms with Crippen molar-refractivity contribution in [1.29, 1.82) is 0 Å². The van der Waals surface area contributed by atoms with Crippen LogP contribution in [0.25, 0.3) is 0 Å². The fourth-order valence-corrected chi connectivity index (χ4v) is 2.89. The molecule has 9 nitrogen and oxygen atoms in total. The van der Waals surface area contributed by atoms with E-state index in [1.165, 1.54) is 26.2 Å². The van der Waals surface area contributed by atoms with Crippen LogP contribution in [0, 0.1) is 0 Å². The van der Waals surface area contributed by atoms with E-state index in [4.69, 9.17) is 33.2 Å². The Morgan fingerprint density at radius 2 is 1.03 bits per heavy atom. The maximum atomic E-state index is 11.0. The molecular formula is C26H45NO8. The van der Waals surface area contributed by atoms with Gasteiger partial charge in [0.05, 0.1) is 72.7 Å². The molecule has 0 saturated heterocycles. The molecule has 0 aliphatic rings. The van der Waals surface area contributed by atoms with Gasteiger partial charge in [-0.2, -0.15) is 0 Å². The molecule has 0 bridgehead atoms. The summed E-state index contributed by atoms with van der Waals surface area (Å²) in [5.74, 6) is 0.627. The standard InChI is InChI=1S/C26H45NO8/c1-3-4-5-6-11-29-12-13-30-14-15-31-16-17-32-18-19-33-20-21-34-22-23-35-26-9-7-25(8-10-26)27-24(2)28/h7-10H,3-6,11-23H2,1-2H3,(H,27,28). The lowest BCUT2D eigenvalue weighted by Gasteiger charge is -2.09. The minimum Gasteiger partial charge on any atom is -0.491 e. The molecule has 1 aromatic rings. The highest BCUT2D eigenvalue weighted by molar-refractivity contribution is 5.88. The van der Waals surface area contributed by atoms with Crippen molar-refractivity contribution >= 4 is 11.6 Å². The smallest absolute Gasteiger partial charge is 0.221 e. The van der Waals surface area contributed by atoms with Gasteiger partial charge in [0.2, 0.25) is 5.91 Å². The van der Waals surface area contributed by atoms with Crippen molar-refractivity contribution in [1.82, 2.24) is 0 Å². The van der Waals surface area contributed by atoms with Crippen molar-refractivity contribution in [3.05, 3.63) is 24.3 Å². The average molecular weight is 500 g/mol. The topological polar surface area (TPSA) is 93.7 Å². The van der Waals surface area contributed by atoms with Crippen molar-refractivity contribution in [3.63, 3.8) is 0 Å². The zero-order chi connectivity index (χ0) is 25.2. The van der Waals surface area contributed by atoms with Gasteiger partial charge in [-0.15, -0.1) is 0 Å². The first-order chi connectivity index (χ1) is 17.2. The lowest BCUT2D eigenvalue weighted by molar-refractivity contribution is -0.114. The predicted molar refractivity (Wildman–Crippen MR) is 135 cm³/mol. The van der Waals surface area contributed by atoms with Gasteiger partial charge in [0.15, 0.2) is 0 Å². The van der Waals surface area contributed by atoms with Crippen molar-refractivity contribution in [2.45, 2.75) is 39.5 Å². The number of rotatable bonds is 25. The van der Waals surface area contributed by atoms with E-state index in [1.807, 2.05) is 0 Å². The normalized spacial score (nSPS) is 11.0. The van der Waals surface area contributed by atoms with Gasteiger partial charge in [-0.3, -0.25) is 4.79 Å². The summed E-state index contributed by atoms with van der Waals surface area (Å²) in [7, 11) is 0. The van der Waals surface area contributed by atoms with Crippen LogP contribution in [0.5, 0.6) is 5.75 Å². The van der Waals surface area contributed by atoms with Crippen molar-refractivity contribution < 1.29 is 38.0 Å². The van der Waals surface area contributed by atoms with Crippen molar-refractivity contribution in [2.75, 3.05) is 91.2 Å². The lowest BCUT2D eigenvalue weighted by atomic mass is 10.2. The Hall–Kier alpha value is -1.75. The molecule has 0 saturated carbocycles. The van der Waals surface area contributed by atoms with E-state index in [0.717, 1.165) is 24.5 Å². The zero-order valence-electron chi connectivity index (χ0n) is 21.6. The van der Waals surface area contributed by atoms with Crippen LogP contribution in [-0.2, 0) is 33.2 Å². The molecule has 0 aromatic heterocycles. The highest BCUT2D eigenvalue weighted by Gasteiger charge is 1.98. The summed E-state index contributed by atoms with van der Waals surface area (Å²) in [6.07, 6.45) is 4.90. The summed E-state index contributed by atoms with van der Waals surface area (Å²) >= 11 is 0. The molecule has 0 radical (unpaired) electrons. The molecule has 0 fully saturated rings. The molecule has 0 aliphatic heterocycles. The maximum Gasteiger partial charge on any atom is 0.221 e. The Balaban J connectivity index is 1.73. The molecule has 1 aromatic carbocycles. The molecular weight excluding hydrogens is 454 g/mol. The van der Waals surface area contributed by atoms with E-state index in [0.29, 0.717) is 79.3 Å². The number of amides is 1. The third kappa shape index (κ3) is 21.3. The number of carbonyl (C=O) groups excluding carboxylic acids is 1. The van der Waals surface area contributed by atoms with Gasteiger partial charge in [-0.05, 0) is 30.7 Å². The van der Waals surface area contributed by atoms with Crippen molar-refractivity contribution in [3.8, 4) is 5.75 Å². The number of unbranched alkanes of at least 4 members (excludes halogenated alkanes) is 3. The summed E-state index contributed by atoms with van der Waals surface area (Å²) in [4.78, 5) is 11.0. The van der Waals surface area contributed by atoms with Crippen LogP contribution < -0.4 is 10.1 Å². The molecule has 35 heavy (non-hydrogen) atoms. The van der Waals surface area contributed by atoms with E-state index < -0.39 is 0 Å². The third-order valence-corrected chi connectivity index (χ3v) is 4.67. The SMILES string of the molecule is CCCCCCOCCOCCOCCOCCOCCOCCOc1ccc(NC(C)=O)cc1. The average Bonchev–Trinajstić information content (AvgIpc) is 2.85. The Bertz CT molecular complexity index is 600. The summed E-state index contributed by atoms with van der Waals surface area (Å²) in [5.41, 5.74) is 0.740. The Morgan fingerprint density at radius 3 is 1.46 bits per heavy atom. The van der Waals surface area contributed by atoms with Gasteiger partial charge in [0, 0.05) is 19.2 Å². The molecule has 202 valence electrons. The summed E-state index contributed by atoms with van der Waals surface area (Å²) in [6.45, 7) is 10.9. The molecule has 1 rings (SSSR count). The molecule has 1 N–H and O–H groups in total. The third-order valence-electron chi connectivity index (χ3n) is 4.67. The van der Waals surface area contributed by atoms with E-state index in [-0.39, 0.29) is 5.91 Å². The molecule has 9 heteroatoms. The van der Waals surface area contributed by atoms with Crippen LogP contribution in [0.4, 0.5) is 5.69 Å². The minimum absolute atomic E-state index is 0.100. The van der Waals surface area contributed by atoms with Gasteiger partial charge >= 0.3 is 0 Å². The zero-order valence-corrected chi connectivity index (χ0v) is 21.6. The quantitative estimate of drug-likeness (QED) is 0.204. The van der Waals surface area contributed by atoms with Crippen LogP contribution in [0.3, 0.4) is 0 Å². The van der Waals surface area contributed by atoms with Gasteiger partial charge in [-0.1, -0.05) is 26.2 Å². The second-order valence-corrected chi connectivity index (χ2v) is 7.79. The Morgan fingerprint density at radius 1 is 0.600 bits per heavy atom. The number of nitrogens with one attached hydrogen (secondary N) is 1. The maximum absolute atomic E-state index is 11.0. The van der Waals surface area contributed by atoms with Crippen LogP contribution in [0.1, 0.15) is 39.5 Å². The second-order valence-electron chi connectivity index (χ2n) is 7.79. The van der Waals surface area contributed by atoms with Crippen LogP contribution in [0.2, 0.25) is 0 Å².